The third kappa shape index (κ3) is 6.46. The van der Waals surface area contributed by atoms with Crippen molar-refractivity contribution in [1.29, 1.82) is 0 Å². The smallest absolute Gasteiger partial charge is 0.0698 e. The van der Waals surface area contributed by atoms with Gasteiger partial charge < -0.3 is 27.6 Å². The van der Waals surface area contributed by atoms with Crippen LogP contribution in [-0.2, 0) is 11.3 Å². The van der Waals surface area contributed by atoms with Crippen LogP contribution in [0.15, 0.2) is 18.2 Å². The number of halogens is 3. The van der Waals surface area contributed by atoms with Crippen LogP contribution < -0.4 is 17.7 Å². The van der Waals surface area contributed by atoms with Crippen molar-refractivity contribution in [2.75, 3.05) is 26.4 Å². The first kappa shape index (κ1) is 17.0. The van der Waals surface area contributed by atoms with Crippen LogP contribution in [0.5, 0.6) is 0 Å². The maximum absolute atomic E-state index is 8.49. The maximum atomic E-state index is 8.49. The van der Waals surface area contributed by atoms with Crippen molar-refractivity contribution in [1.82, 2.24) is 5.32 Å². The second kappa shape index (κ2) is 9.95. The molecule has 0 saturated carbocycles. The summed E-state index contributed by atoms with van der Waals surface area (Å²) in [5, 5.41) is 12.8. The fraction of sp³-hybridized carbons (Fsp3) is 0.455. The summed E-state index contributed by atoms with van der Waals surface area (Å²) < 4.78 is 5.10. The van der Waals surface area contributed by atoms with Gasteiger partial charge in [-0.3, -0.25) is 0 Å². The third-order valence-electron chi connectivity index (χ3n) is 2.01. The van der Waals surface area contributed by atoms with Crippen molar-refractivity contribution >= 4 is 23.2 Å². The van der Waals surface area contributed by atoms with Crippen molar-refractivity contribution in [3.05, 3.63) is 33.8 Å². The summed E-state index contributed by atoms with van der Waals surface area (Å²) in [6.45, 7) is 2.36. The summed E-state index contributed by atoms with van der Waals surface area (Å²) in [5.41, 5.74) is 0.969. The zero-order chi connectivity index (χ0) is 11.8. The lowest BCUT2D eigenvalue weighted by atomic mass is 10.2. The van der Waals surface area contributed by atoms with E-state index in [2.05, 4.69) is 5.32 Å². The molecule has 0 aromatic heterocycles. The molecule has 0 aliphatic carbocycles. The molecule has 17 heavy (non-hydrogen) atoms. The minimum Gasteiger partial charge on any atom is -1.00 e. The first-order chi connectivity index (χ1) is 7.75. The average Bonchev–Trinajstić information content (AvgIpc) is 2.29. The molecule has 0 heterocycles. The molecule has 1 aromatic rings. The highest BCUT2D eigenvalue weighted by Gasteiger charge is 2.02. The van der Waals surface area contributed by atoms with E-state index >= 15 is 0 Å². The highest BCUT2D eigenvalue weighted by atomic mass is 35.5. The third-order valence-corrected chi connectivity index (χ3v) is 2.86. The molecule has 1 aromatic carbocycles. The van der Waals surface area contributed by atoms with Crippen LogP contribution >= 0.6 is 23.2 Å². The number of rotatable bonds is 7. The lowest BCUT2D eigenvalue weighted by molar-refractivity contribution is -0.00000432. The van der Waals surface area contributed by atoms with Gasteiger partial charge in [-0.25, -0.2) is 0 Å². The molecule has 0 radical (unpaired) electrons. The molecular weight excluding hydrogens is 284 g/mol. The summed E-state index contributed by atoms with van der Waals surface area (Å²) >= 11 is 11.9. The maximum Gasteiger partial charge on any atom is 0.0698 e. The van der Waals surface area contributed by atoms with Gasteiger partial charge in [-0.2, -0.15) is 0 Å². The zero-order valence-corrected chi connectivity index (χ0v) is 11.5. The Morgan fingerprint density at radius 2 is 2.00 bits per heavy atom. The highest BCUT2D eigenvalue weighted by molar-refractivity contribution is 6.42. The molecule has 0 saturated heterocycles. The van der Waals surface area contributed by atoms with Crippen LogP contribution in [0.25, 0.3) is 0 Å². The van der Waals surface area contributed by atoms with E-state index < -0.39 is 0 Å². The molecule has 0 aliphatic heterocycles. The molecule has 0 aliphatic rings. The van der Waals surface area contributed by atoms with Gasteiger partial charge in [-0.05, 0) is 11.6 Å². The second-order valence-electron chi connectivity index (χ2n) is 3.23. The number of benzene rings is 1. The molecule has 3 nitrogen and oxygen atoms in total. The predicted octanol–water partition coefficient (Wildman–Crippen LogP) is -0.904. The minimum atomic E-state index is 0. The lowest BCUT2D eigenvalue weighted by Crippen LogP contribution is -3.00. The molecule has 0 bridgehead atoms. The monoisotopic (exact) mass is 298 g/mol. The number of nitrogens with one attached hydrogen (secondary N) is 1. The topological polar surface area (TPSA) is 41.5 Å². The summed E-state index contributed by atoms with van der Waals surface area (Å²) in [4.78, 5) is 0. The predicted molar refractivity (Wildman–Crippen MR) is 66.1 cm³/mol. The normalized spacial score (nSPS) is 10.1. The zero-order valence-electron chi connectivity index (χ0n) is 9.26. The molecule has 98 valence electrons. The minimum absolute atomic E-state index is 0. The van der Waals surface area contributed by atoms with Gasteiger partial charge in [0.15, 0.2) is 0 Å². The van der Waals surface area contributed by atoms with E-state index in [9.17, 15) is 0 Å². The molecule has 0 unspecified atom stereocenters. The highest BCUT2D eigenvalue weighted by Crippen LogP contribution is 2.25. The van der Waals surface area contributed by atoms with Crippen LogP contribution in [0.4, 0.5) is 0 Å². The number of hydrogen-bond acceptors (Lipinski definition) is 3. The van der Waals surface area contributed by atoms with Gasteiger partial charge in [0, 0.05) is 13.1 Å². The summed E-state index contributed by atoms with van der Waals surface area (Å²) in [5.74, 6) is 0. The molecular formula is C11H15Cl3NO2-. The Hall–Kier alpha value is -0.0300. The van der Waals surface area contributed by atoms with Gasteiger partial charge in [0.05, 0.1) is 29.9 Å². The van der Waals surface area contributed by atoms with E-state index in [1.807, 2.05) is 12.1 Å². The standard InChI is InChI=1S/C11H15Cl2NO2.ClH/c12-10-3-1-2-9(11(10)13)8-14-4-6-16-7-5-15;/h1-3,14-15H,4-8H2;1H/p-1. The van der Waals surface area contributed by atoms with Crippen LogP contribution in [0.1, 0.15) is 5.56 Å². The molecule has 0 atom stereocenters. The van der Waals surface area contributed by atoms with Crippen molar-refractivity contribution in [2.24, 2.45) is 0 Å². The summed E-state index contributed by atoms with van der Waals surface area (Å²) in [6.07, 6.45) is 0. The number of ether oxygens (including phenoxy) is 1. The Morgan fingerprint density at radius 3 is 2.71 bits per heavy atom. The first-order valence-electron chi connectivity index (χ1n) is 5.08. The number of hydrogen-bond donors (Lipinski definition) is 2. The van der Waals surface area contributed by atoms with Gasteiger partial charge in [0.1, 0.15) is 0 Å². The van der Waals surface area contributed by atoms with E-state index in [-0.39, 0.29) is 19.0 Å². The van der Waals surface area contributed by atoms with Gasteiger partial charge >= 0.3 is 0 Å². The van der Waals surface area contributed by atoms with E-state index in [1.54, 1.807) is 6.07 Å². The largest absolute Gasteiger partial charge is 1.00 e. The van der Waals surface area contributed by atoms with E-state index in [0.717, 1.165) is 5.56 Å². The fourth-order valence-electron chi connectivity index (χ4n) is 1.22. The molecule has 6 heteroatoms. The molecule has 0 spiro atoms. The van der Waals surface area contributed by atoms with Crippen molar-refractivity contribution in [3.63, 3.8) is 0 Å². The number of aliphatic hydroxyl groups excluding tert-OH is 1. The first-order valence-corrected chi connectivity index (χ1v) is 5.83. The van der Waals surface area contributed by atoms with Crippen molar-refractivity contribution < 1.29 is 22.3 Å². The Labute approximate surface area is 117 Å². The Morgan fingerprint density at radius 1 is 1.24 bits per heavy atom. The van der Waals surface area contributed by atoms with E-state index in [1.165, 1.54) is 0 Å². The summed E-state index contributed by atoms with van der Waals surface area (Å²) in [7, 11) is 0. The van der Waals surface area contributed by atoms with Crippen LogP contribution in [0.3, 0.4) is 0 Å². The van der Waals surface area contributed by atoms with Crippen LogP contribution in [0.2, 0.25) is 10.0 Å². The SMILES string of the molecule is OCCOCCNCc1cccc(Cl)c1Cl.[Cl-]. The Kier molecular flexibility index (Phi) is 9.93. The van der Waals surface area contributed by atoms with E-state index in [4.69, 9.17) is 33.0 Å². The van der Waals surface area contributed by atoms with E-state index in [0.29, 0.717) is 36.3 Å². The average molecular weight is 300 g/mol. The van der Waals surface area contributed by atoms with Gasteiger partial charge in [0.25, 0.3) is 0 Å². The number of aliphatic hydroxyl groups is 1. The van der Waals surface area contributed by atoms with Gasteiger partial charge in [0.2, 0.25) is 0 Å². The van der Waals surface area contributed by atoms with Crippen LogP contribution in [0, 0.1) is 0 Å². The molecule has 0 fully saturated rings. The molecule has 1 rings (SSSR count). The van der Waals surface area contributed by atoms with Gasteiger partial charge in [-0.15, -0.1) is 0 Å². The van der Waals surface area contributed by atoms with Crippen LogP contribution in [-0.4, -0.2) is 31.5 Å². The molecule has 0 amide bonds. The molecule has 2 N–H and O–H groups in total. The fourth-order valence-corrected chi connectivity index (χ4v) is 1.61. The lowest BCUT2D eigenvalue weighted by Gasteiger charge is -2.07. The van der Waals surface area contributed by atoms with Crippen molar-refractivity contribution in [3.8, 4) is 0 Å². The Bertz CT molecular complexity index is 324. The van der Waals surface area contributed by atoms with Gasteiger partial charge in [-0.1, -0.05) is 35.3 Å². The second-order valence-corrected chi connectivity index (χ2v) is 4.01. The quantitative estimate of drug-likeness (QED) is 0.641. The van der Waals surface area contributed by atoms with Crippen molar-refractivity contribution in [2.45, 2.75) is 6.54 Å². The Balaban J connectivity index is 0.00000256. The summed E-state index contributed by atoms with van der Waals surface area (Å²) in [6, 6.07) is 5.56.